The maximum Gasteiger partial charge on any atom is 0.339 e. The highest BCUT2D eigenvalue weighted by molar-refractivity contribution is 6.06. The van der Waals surface area contributed by atoms with E-state index in [9.17, 15) is 9.59 Å². The average molecular weight is 472 g/mol. The number of ether oxygens (including phenoxy) is 1. The fourth-order valence-electron chi connectivity index (χ4n) is 4.15. The lowest BCUT2D eigenvalue weighted by Gasteiger charge is -2.11. The Labute approximate surface area is 210 Å². The van der Waals surface area contributed by atoms with Crippen molar-refractivity contribution < 1.29 is 14.3 Å². The maximum absolute atomic E-state index is 13.2. The molecule has 1 heterocycles. The fraction of sp³-hybridized carbons (Fsp3) is 0.0938. The van der Waals surface area contributed by atoms with E-state index in [1.54, 1.807) is 18.2 Å². The number of fused-ring (bicyclic) bond motifs is 1. The summed E-state index contributed by atoms with van der Waals surface area (Å²) in [5.74, 6) is -0.787. The van der Waals surface area contributed by atoms with Gasteiger partial charge in [0.25, 0.3) is 0 Å². The number of Topliss-reactive ketones (excluding diaryl/α,β-unsaturated/α-hetero) is 1. The van der Waals surface area contributed by atoms with Gasteiger partial charge in [0, 0.05) is 16.5 Å². The summed E-state index contributed by atoms with van der Waals surface area (Å²) in [6, 6.07) is 33.0. The molecule has 0 radical (unpaired) electrons. The predicted molar refractivity (Wildman–Crippen MR) is 143 cm³/mol. The largest absolute Gasteiger partial charge is 0.454 e. The first-order chi connectivity index (χ1) is 17.5. The van der Waals surface area contributed by atoms with Crippen LogP contribution in [0.3, 0.4) is 0 Å². The molecule has 1 aromatic heterocycles. The summed E-state index contributed by atoms with van der Waals surface area (Å²) in [5, 5.41) is 0.701. The molecule has 4 nitrogen and oxygen atoms in total. The summed E-state index contributed by atoms with van der Waals surface area (Å²) < 4.78 is 5.47. The van der Waals surface area contributed by atoms with Gasteiger partial charge in [-0.2, -0.15) is 0 Å². The number of benzene rings is 4. The van der Waals surface area contributed by atoms with Crippen molar-refractivity contribution in [3.8, 4) is 22.4 Å². The van der Waals surface area contributed by atoms with Crippen LogP contribution in [-0.2, 0) is 4.74 Å². The van der Waals surface area contributed by atoms with Crippen LogP contribution in [0.1, 0.15) is 31.8 Å². The Morgan fingerprint density at radius 1 is 0.694 bits per heavy atom. The van der Waals surface area contributed by atoms with Crippen LogP contribution in [0.15, 0.2) is 103 Å². The van der Waals surface area contributed by atoms with Crippen molar-refractivity contribution in [2.75, 3.05) is 6.61 Å². The van der Waals surface area contributed by atoms with E-state index in [2.05, 4.69) is 12.1 Å². The van der Waals surface area contributed by atoms with Crippen molar-refractivity contribution in [2.45, 2.75) is 13.8 Å². The van der Waals surface area contributed by atoms with Crippen LogP contribution in [0.25, 0.3) is 33.3 Å². The highest BCUT2D eigenvalue weighted by Gasteiger charge is 2.17. The van der Waals surface area contributed by atoms with E-state index in [4.69, 9.17) is 9.72 Å². The molecule has 5 aromatic rings. The van der Waals surface area contributed by atoms with Gasteiger partial charge in [-0.15, -0.1) is 0 Å². The lowest BCUT2D eigenvalue weighted by atomic mass is 10.00. The number of nitrogens with zero attached hydrogens (tertiary/aromatic N) is 1. The zero-order valence-corrected chi connectivity index (χ0v) is 20.2. The minimum atomic E-state index is -0.546. The number of esters is 1. The Morgan fingerprint density at radius 3 is 2.06 bits per heavy atom. The molecule has 176 valence electrons. The summed E-state index contributed by atoms with van der Waals surface area (Å²) in [5.41, 5.74) is 7.47. The third kappa shape index (κ3) is 4.93. The Bertz CT molecular complexity index is 1550. The van der Waals surface area contributed by atoms with Crippen molar-refractivity contribution in [3.63, 3.8) is 0 Å². The second kappa shape index (κ2) is 9.96. The topological polar surface area (TPSA) is 56.3 Å². The lowest BCUT2D eigenvalue weighted by Crippen LogP contribution is -2.15. The Hall–Kier alpha value is -4.57. The summed E-state index contributed by atoms with van der Waals surface area (Å²) in [6.07, 6.45) is 0. The quantitative estimate of drug-likeness (QED) is 0.194. The van der Waals surface area contributed by atoms with Gasteiger partial charge >= 0.3 is 5.97 Å². The minimum Gasteiger partial charge on any atom is -0.454 e. The second-order valence-electron chi connectivity index (χ2n) is 8.88. The van der Waals surface area contributed by atoms with Gasteiger partial charge < -0.3 is 4.74 Å². The number of pyridine rings is 1. The molecule has 0 amide bonds. The molecule has 0 saturated carbocycles. The van der Waals surface area contributed by atoms with Crippen LogP contribution in [0, 0.1) is 13.8 Å². The maximum atomic E-state index is 13.2. The molecule has 0 N–H and O–H groups in total. The molecule has 0 bridgehead atoms. The van der Waals surface area contributed by atoms with Gasteiger partial charge in [-0.3, -0.25) is 4.79 Å². The van der Waals surface area contributed by atoms with E-state index < -0.39 is 5.97 Å². The van der Waals surface area contributed by atoms with Crippen LogP contribution in [0.4, 0.5) is 0 Å². The minimum absolute atomic E-state index is 0.241. The number of ketones is 1. The van der Waals surface area contributed by atoms with Gasteiger partial charge in [-0.25, -0.2) is 9.78 Å². The Kier molecular flexibility index (Phi) is 6.42. The first-order valence-electron chi connectivity index (χ1n) is 11.8. The van der Waals surface area contributed by atoms with Crippen molar-refractivity contribution in [1.82, 2.24) is 4.98 Å². The molecule has 0 atom stereocenters. The zero-order valence-electron chi connectivity index (χ0n) is 20.2. The van der Waals surface area contributed by atoms with E-state index in [0.29, 0.717) is 27.7 Å². The number of aromatic nitrogens is 1. The highest BCUT2D eigenvalue weighted by Crippen LogP contribution is 2.28. The van der Waals surface area contributed by atoms with Crippen molar-refractivity contribution >= 4 is 22.7 Å². The molecule has 0 fully saturated rings. The molecular formula is C32H25NO3. The molecule has 0 aliphatic rings. The smallest absolute Gasteiger partial charge is 0.339 e. The van der Waals surface area contributed by atoms with Gasteiger partial charge in [0.1, 0.15) is 0 Å². The van der Waals surface area contributed by atoms with Crippen molar-refractivity contribution in [3.05, 3.63) is 125 Å². The molecular weight excluding hydrogens is 446 g/mol. The fourth-order valence-corrected chi connectivity index (χ4v) is 4.15. The summed E-state index contributed by atoms with van der Waals surface area (Å²) in [4.78, 5) is 30.5. The zero-order chi connectivity index (χ0) is 25.1. The number of aryl methyl sites for hydroxylation is 2. The molecule has 4 heteroatoms. The molecule has 0 spiro atoms. The highest BCUT2D eigenvalue weighted by atomic mass is 16.5. The lowest BCUT2D eigenvalue weighted by molar-refractivity contribution is 0.0476. The first-order valence-corrected chi connectivity index (χ1v) is 11.8. The number of rotatable bonds is 6. The van der Waals surface area contributed by atoms with E-state index in [-0.39, 0.29) is 12.4 Å². The van der Waals surface area contributed by atoms with Gasteiger partial charge in [0.05, 0.1) is 16.8 Å². The SMILES string of the molecule is Cc1ccc(C(=O)COC(=O)c2cc(-c3ccc(-c4ccccc4)cc3)nc3ccc(C)cc23)cc1. The van der Waals surface area contributed by atoms with Gasteiger partial charge in [-0.05, 0) is 43.2 Å². The second-order valence-corrected chi connectivity index (χ2v) is 8.88. The van der Waals surface area contributed by atoms with Gasteiger partial charge in [0.2, 0.25) is 0 Å². The average Bonchev–Trinajstić information content (AvgIpc) is 2.92. The number of hydrogen-bond donors (Lipinski definition) is 0. The summed E-state index contributed by atoms with van der Waals surface area (Å²) in [6.45, 7) is 3.60. The van der Waals surface area contributed by atoms with Gasteiger partial charge in [-0.1, -0.05) is 96.1 Å². The summed E-state index contributed by atoms with van der Waals surface area (Å²) >= 11 is 0. The van der Waals surface area contributed by atoms with Crippen LogP contribution >= 0.6 is 0 Å². The standard InChI is InChI=1S/C32H25NO3/c1-21-8-11-26(12-9-21)31(34)20-36-32(35)28-19-30(33-29-17-10-22(2)18-27(28)29)25-15-13-24(14-16-25)23-6-4-3-5-7-23/h3-19H,20H2,1-2H3. The molecule has 0 saturated heterocycles. The molecule has 0 unspecified atom stereocenters. The molecule has 0 aliphatic carbocycles. The summed E-state index contributed by atoms with van der Waals surface area (Å²) in [7, 11) is 0. The van der Waals surface area contributed by atoms with Crippen molar-refractivity contribution in [1.29, 1.82) is 0 Å². The predicted octanol–water partition coefficient (Wildman–Crippen LogP) is 7.23. The van der Waals surface area contributed by atoms with E-state index >= 15 is 0 Å². The third-order valence-electron chi connectivity index (χ3n) is 6.18. The number of hydrogen-bond acceptors (Lipinski definition) is 4. The van der Waals surface area contributed by atoms with Gasteiger partial charge in [0.15, 0.2) is 12.4 Å². The van der Waals surface area contributed by atoms with Crippen LogP contribution in [0.5, 0.6) is 0 Å². The van der Waals surface area contributed by atoms with Crippen LogP contribution in [-0.4, -0.2) is 23.3 Å². The molecule has 36 heavy (non-hydrogen) atoms. The number of carbonyl (C=O) groups is 2. The normalized spacial score (nSPS) is 10.8. The van der Waals surface area contributed by atoms with Crippen molar-refractivity contribution in [2.24, 2.45) is 0 Å². The Morgan fingerprint density at radius 2 is 1.33 bits per heavy atom. The van der Waals surface area contributed by atoms with E-state index in [1.807, 2.05) is 86.6 Å². The van der Waals surface area contributed by atoms with Crippen LogP contribution in [0.2, 0.25) is 0 Å². The molecule has 0 aliphatic heterocycles. The molecule has 4 aromatic carbocycles. The van der Waals surface area contributed by atoms with Crippen LogP contribution < -0.4 is 0 Å². The molecule has 5 rings (SSSR count). The number of carbonyl (C=O) groups excluding carboxylic acids is 2. The van der Waals surface area contributed by atoms with E-state index in [0.717, 1.165) is 27.8 Å². The monoisotopic (exact) mass is 471 g/mol. The first kappa shape index (κ1) is 23.2. The Balaban J connectivity index is 1.45. The van der Waals surface area contributed by atoms with E-state index in [1.165, 1.54) is 0 Å². The third-order valence-corrected chi connectivity index (χ3v) is 6.18.